The number of esters is 1. The molecule has 3 aromatic rings. The van der Waals surface area contributed by atoms with E-state index in [1.807, 2.05) is 19.1 Å². The summed E-state index contributed by atoms with van der Waals surface area (Å²) in [7, 11) is 1.36. The number of nitrogens with two attached hydrogens (primary N) is 1. The van der Waals surface area contributed by atoms with Gasteiger partial charge in [-0.25, -0.2) is 4.79 Å². The molecule has 2 heterocycles. The number of hydrogen-bond acceptors (Lipinski definition) is 6. The normalized spacial score (nSPS) is 12.5. The first-order valence-corrected chi connectivity index (χ1v) is 7.99. The predicted octanol–water partition coefficient (Wildman–Crippen LogP) is 2.29. The van der Waals surface area contributed by atoms with Crippen molar-refractivity contribution >= 4 is 44.0 Å². The second-order valence-corrected chi connectivity index (χ2v) is 6.43. The maximum atomic E-state index is 12.1. The fraction of sp³-hybridized carbons (Fsp3) is 0.250. The Bertz CT molecular complexity index is 943. The third-order valence-corrected chi connectivity index (χ3v) is 4.66. The van der Waals surface area contributed by atoms with Gasteiger partial charge in [0.1, 0.15) is 4.88 Å². The lowest BCUT2D eigenvalue weighted by Crippen LogP contribution is -2.25. The van der Waals surface area contributed by atoms with Crippen LogP contribution in [0.1, 0.15) is 16.6 Å². The number of aromatic amines is 1. The van der Waals surface area contributed by atoms with E-state index in [-0.39, 0.29) is 11.6 Å². The summed E-state index contributed by atoms with van der Waals surface area (Å²) in [6.07, 6.45) is 0. The molecule has 120 valence electrons. The molecule has 0 aliphatic carbocycles. The van der Waals surface area contributed by atoms with Crippen molar-refractivity contribution in [1.82, 2.24) is 4.98 Å². The molecule has 0 aliphatic rings. The Morgan fingerprint density at radius 2 is 2.17 bits per heavy atom. The van der Waals surface area contributed by atoms with Crippen LogP contribution in [0.25, 0.3) is 21.0 Å². The summed E-state index contributed by atoms with van der Waals surface area (Å²) in [5, 5.41) is 5.02. The monoisotopic (exact) mass is 331 g/mol. The van der Waals surface area contributed by atoms with E-state index < -0.39 is 5.97 Å². The number of rotatable bonds is 4. The number of thiophene rings is 1. The summed E-state index contributed by atoms with van der Waals surface area (Å²) < 4.78 is 5.83. The molecule has 1 atom stereocenters. The van der Waals surface area contributed by atoms with Crippen molar-refractivity contribution in [2.45, 2.75) is 13.0 Å². The van der Waals surface area contributed by atoms with Crippen LogP contribution in [0.5, 0.6) is 0 Å². The molecule has 0 saturated heterocycles. The van der Waals surface area contributed by atoms with E-state index in [4.69, 9.17) is 10.5 Å². The van der Waals surface area contributed by atoms with E-state index in [2.05, 4.69) is 10.3 Å². The predicted molar refractivity (Wildman–Crippen MR) is 93.4 cm³/mol. The zero-order valence-corrected chi connectivity index (χ0v) is 13.6. The highest BCUT2D eigenvalue weighted by Gasteiger charge is 2.21. The Labute approximate surface area is 136 Å². The van der Waals surface area contributed by atoms with E-state index in [0.29, 0.717) is 17.1 Å². The maximum Gasteiger partial charge on any atom is 0.350 e. The number of carbonyl (C=O) groups excluding carboxylic acids is 1. The van der Waals surface area contributed by atoms with E-state index in [0.717, 1.165) is 21.0 Å². The standard InChI is InChI=1S/C16H17N3O3S/c1-8(17)7-18-14-13-9-3-6-12(20)19-10(9)4-5-11(13)23-15(14)16(21)22-2/h3-6,8,18H,7,17H2,1-2H3,(H,19,20)/t8-/m1/s1. The van der Waals surface area contributed by atoms with Crippen LogP contribution >= 0.6 is 11.3 Å². The molecule has 3 rings (SSSR count). The van der Waals surface area contributed by atoms with Gasteiger partial charge in [0.05, 0.1) is 12.8 Å². The summed E-state index contributed by atoms with van der Waals surface area (Å²) in [6.45, 7) is 2.41. The lowest BCUT2D eigenvalue weighted by Gasteiger charge is -2.11. The van der Waals surface area contributed by atoms with E-state index in [1.165, 1.54) is 24.5 Å². The van der Waals surface area contributed by atoms with Gasteiger partial charge in [0.15, 0.2) is 0 Å². The van der Waals surface area contributed by atoms with Crippen molar-refractivity contribution in [2.75, 3.05) is 19.0 Å². The number of hydrogen-bond donors (Lipinski definition) is 3. The van der Waals surface area contributed by atoms with Crippen LogP contribution in [0.4, 0.5) is 5.69 Å². The molecule has 0 bridgehead atoms. The number of carbonyl (C=O) groups is 1. The highest BCUT2D eigenvalue weighted by molar-refractivity contribution is 7.21. The van der Waals surface area contributed by atoms with Crippen molar-refractivity contribution in [3.05, 3.63) is 39.5 Å². The van der Waals surface area contributed by atoms with Gasteiger partial charge in [0, 0.05) is 39.6 Å². The summed E-state index contributed by atoms with van der Waals surface area (Å²) in [6, 6.07) is 6.91. The Hall–Kier alpha value is -2.38. The molecule has 6 nitrogen and oxygen atoms in total. The summed E-state index contributed by atoms with van der Waals surface area (Å²) in [5.74, 6) is -0.393. The topological polar surface area (TPSA) is 97.2 Å². The number of ether oxygens (including phenoxy) is 1. The number of anilines is 1. The van der Waals surface area contributed by atoms with E-state index >= 15 is 0 Å². The second kappa shape index (κ2) is 6.02. The summed E-state index contributed by atoms with van der Waals surface area (Å²) in [5.41, 5.74) is 7.09. The first-order valence-electron chi connectivity index (χ1n) is 7.17. The zero-order valence-electron chi connectivity index (χ0n) is 12.8. The fourth-order valence-electron chi connectivity index (χ4n) is 2.50. The Morgan fingerprint density at radius 3 is 2.87 bits per heavy atom. The van der Waals surface area contributed by atoms with Gasteiger partial charge in [-0.15, -0.1) is 11.3 Å². The Kier molecular flexibility index (Phi) is 4.06. The lowest BCUT2D eigenvalue weighted by molar-refractivity contribution is 0.0607. The zero-order chi connectivity index (χ0) is 16.6. The Morgan fingerprint density at radius 1 is 1.39 bits per heavy atom. The maximum absolute atomic E-state index is 12.1. The molecular formula is C16H17N3O3S. The van der Waals surface area contributed by atoms with Crippen molar-refractivity contribution < 1.29 is 9.53 Å². The molecule has 0 fully saturated rings. The van der Waals surface area contributed by atoms with Gasteiger partial charge in [0.2, 0.25) is 5.56 Å². The summed E-state index contributed by atoms with van der Waals surface area (Å²) in [4.78, 5) is 26.9. The van der Waals surface area contributed by atoms with Gasteiger partial charge >= 0.3 is 5.97 Å². The average molecular weight is 331 g/mol. The number of H-pyrrole nitrogens is 1. The van der Waals surface area contributed by atoms with Crippen molar-refractivity contribution in [1.29, 1.82) is 0 Å². The first-order chi connectivity index (χ1) is 11.0. The quantitative estimate of drug-likeness (QED) is 0.637. The SMILES string of the molecule is COC(=O)c1sc2ccc3[nH]c(=O)ccc3c2c1NC[C@@H](C)N. The molecule has 0 saturated carbocycles. The minimum atomic E-state index is -0.393. The third kappa shape index (κ3) is 2.80. The molecule has 0 radical (unpaired) electrons. The largest absolute Gasteiger partial charge is 0.465 e. The molecule has 0 aliphatic heterocycles. The van der Waals surface area contributed by atoms with Crippen LogP contribution in [0.2, 0.25) is 0 Å². The van der Waals surface area contributed by atoms with Gasteiger partial charge in [-0.2, -0.15) is 0 Å². The molecule has 2 aromatic heterocycles. The molecular weight excluding hydrogens is 314 g/mol. The molecule has 0 amide bonds. The minimum Gasteiger partial charge on any atom is -0.465 e. The van der Waals surface area contributed by atoms with Gasteiger partial charge in [-0.05, 0) is 25.1 Å². The van der Waals surface area contributed by atoms with Crippen LogP contribution in [0.3, 0.4) is 0 Å². The second-order valence-electron chi connectivity index (χ2n) is 5.38. The molecule has 7 heteroatoms. The van der Waals surface area contributed by atoms with Gasteiger partial charge in [-0.1, -0.05) is 0 Å². The van der Waals surface area contributed by atoms with Gasteiger partial charge in [-0.3, -0.25) is 4.79 Å². The molecule has 0 unspecified atom stereocenters. The number of benzene rings is 1. The fourth-order valence-corrected chi connectivity index (χ4v) is 3.61. The number of fused-ring (bicyclic) bond motifs is 3. The van der Waals surface area contributed by atoms with Gasteiger partial charge < -0.3 is 20.8 Å². The average Bonchev–Trinajstić information content (AvgIpc) is 2.90. The van der Waals surface area contributed by atoms with Crippen LogP contribution in [0.15, 0.2) is 29.1 Å². The van der Waals surface area contributed by atoms with Crippen molar-refractivity contribution in [2.24, 2.45) is 5.73 Å². The van der Waals surface area contributed by atoms with Crippen LogP contribution in [-0.4, -0.2) is 30.6 Å². The Balaban J connectivity index is 2.31. The minimum absolute atomic E-state index is 0.0646. The van der Waals surface area contributed by atoms with Crippen LogP contribution in [0, 0.1) is 0 Å². The first kappa shape index (κ1) is 15.5. The van der Waals surface area contributed by atoms with Gasteiger partial charge in [0.25, 0.3) is 0 Å². The number of nitrogens with one attached hydrogen (secondary N) is 2. The highest BCUT2D eigenvalue weighted by atomic mass is 32.1. The smallest absolute Gasteiger partial charge is 0.350 e. The molecule has 4 N–H and O–H groups in total. The van der Waals surface area contributed by atoms with Crippen molar-refractivity contribution in [3.63, 3.8) is 0 Å². The number of pyridine rings is 1. The van der Waals surface area contributed by atoms with E-state index in [1.54, 1.807) is 6.07 Å². The van der Waals surface area contributed by atoms with Crippen LogP contribution < -0.4 is 16.6 Å². The molecule has 0 spiro atoms. The van der Waals surface area contributed by atoms with Crippen molar-refractivity contribution in [3.8, 4) is 0 Å². The number of methoxy groups -OCH3 is 1. The van der Waals surface area contributed by atoms with Crippen LogP contribution in [-0.2, 0) is 4.74 Å². The third-order valence-electron chi connectivity index (χ3n) is 3.53. The highest BCUT2D eigenvalue weighted by Crippen LogP contribution is 2.40. The number of aromatic nitrogens is 1. The molecule has 23 heavy (non-hydrogen) atoms. The van der Waals surface area contributed by atoms with E-state index in [9.17, 15) is 9.59 Å². The lowest BCUT2D eigenvalue weighted by atomic mass is 10.1. The summed E-state index contributed by atoms with van der Waals surface area (Å²) >= 11 is 1.36. The molecule has 1 aromatic carbocycles.